The van der Waals surface area contributed by atoms with Gasteiger partial charge in [0.05, 0.1) is 12.8 Å². The quantitative estimate of drug-likeness (QED) is 0.499. The Labute approximate surface area is 160 Å². The molecule has 1 saturated heterocycles. The molecule has 2 aromatic carbocycles. The molecule has 136 valence electrons. The van der Waals surface area contributed by atoms with Crippen LogP contribution in [0.25, 0.3) is 6.08 Å². The molecule has 0 aliphatic carbocycles. The van der Waals surface area contributed by atoms with E-state index in [1.165, 1.54) is 11.0 Å². The molecule has 0 spiro atoms. The summed E-state index contributed by atoms with van der Waals surface area (Å²) in [5.41, 5.74) is 1.14. The number of amides is 2. The first kappa shape index (κ1) is 17.0. The standard InChI is InChI=1S/C19H14N2O5S/c1-24-13-5-3-12(4-6-13)21-18(23)14(17(22)20-19(21)27)8-11-2-7-15-16(9-11)26-10-25-15/h2-9H,10H2,1H3,(H,20,22,27). The lowest BCUT2D eigenvalue weighted by atomic mass is 10.1. The molecule has 0 atom stereocenters. The minimum atomic E-state index is -0.549. The van der Waals surface area contributed by atoms with Crippen molar-refractivity contribution in [3.05, 3.63) is 53.6 Å². The highest BCUT2D eigenvalue weighted by molar-refractivity contribution is 7.80. The minimum absolute atomic E-state index is 0.0259. The van der Waals surface area contributed by atoms with Crippen LogP contribution < -0.4 is 24.4 Å². The molecule has 2 aliphatic heterocycles. The number of benzene rings is 2. The van der Waals surface area contributed by atoms with E-state index in [4.69, 9.17) is 26.4 Å². The van der Waals surface area contributed by atoms with Crippen LogP contribution >= 0.6 is 12.2 Å². The van der Waals surface area contributed by atoms with Crippen molar-refractivity contribution in [2.75, 3.05) is 18.8 Å². The van der Waals surface area contributed by atoms with E-state index in [0.717, 1.165) is 0 Å². The van der Waals surface area contributed by atoms with Crippen LogP contribution in [0.4, 0.5) is 5.69 Å². The highest BCUT2D eigenvalue weighted by Gasteiger charge is 2.34. The Kier molecular flexibility index (Phi) is 4.25. The molecule has 27 heavy (non-hydrogen) atoms. The van der Waals surface area contributed by atoms with Gasteiger partial charge < -0.3 is 14.2 Å². The van der Waals surface area contributed by atoms with Crippen molar-refractivity contribution in [2.24, 2.45) is 0 Å². The summed E-state index contributed by atoms with van der Waals surface area (Å²) in [6.45, 7) is 0.147. The fourth-order valence-corrected chi connectivity index (χ4v) is 3.07. The molecule has 1 N–H and O–H groups in total. The van der Waals surface area contributed by atoms with Gasteiger partial charge in [-0.1, -0.05) is 6.07 Å². The van der Waals surface area contributed by atoms with E-state index in [1.54, 1.807) is 49.6 Å². The van der Waals surface area contributed by atoms with E-state index in [0.29, 0.717) is 28.5 Å². The number of fused-ring (bicyclic) bond motifs is 1. The molecule has 7 nitrogen and oxygen atoms in total. The molecule has 2 heterocycles. The van der Waals surface area contributed by atoms with Crippen molar-refractivity contribution in [3.63, 3.8) is 0 Å². The Bertz CT molecular complexity index is 984. The van der Waals surface area contributed by atoms with E-state index in [-0.39, 0.29) is 17.5 Å². The number of nitrogens with one attached hydrogen (secondary N) is 1. The van der Waals surface area contributed by atoms with Crippen molar-refractivity contribution in [3.8, 4) is 17.2 Å². The Balaban J connectivity index is 1.69. The predicted octanol–water partition coefficient (Wildman–Crippen LogP) is 2.26. The number of carbonyl (C=O) groups excluding carboxylic acids is 2. The van der Waals surface area contributed by atoms with Crippen molar-refractivity contribution in [2.45, 2.75) is 0 Å². The molecule has 0 unspecified atom stereocenters. The molecule has 2 amide bonds. The van der Waals surface area contributed by atoms with Crippen molar-refractivity contribution >= 4 is 40.9 Å². The average molecular weight is 382 g/mol. The molecule has 2 aliphatic rings. The largest absolute Gasteiger partial charge is 0.497 e. The second-order valence-electron chi connectivity index (χ2n) is 5.77. The molecule has 2 aromatic rings. The molecule has 8 heteroatoms. The number of thiocarbonyl (C=S) groups is 1. The number of rotatable bonds is 3. The minimum Gasteiger partial charge on any atom is -0.497 e. The Hall–Kier alpha value is -3.39. The second-order valence-corrected chi connectivity index (χ2v) is 6.16. The first-order valence-corrected chi connectivity index (χ1v) is 8.43. The van der Waals surface area contributed by atoms with E-state index < -0.39 is 11.8 Å². The number of ether oxygens (including phenoxy) is 3. The van der Waals surface area contributed by atoms with Crippen LogP contribution in [0.15, 0.2) is 48.0 Å². The van der Waals surface area contributed by atoms with E-state index in [2.05, 4.69) is 5.32 Å². The van der Waals surface area contributed by atoms with E-state index >= 15 is 0 Å². The predicted molar refractivity (Wildman–Crippen MR) is 102 cm³/mol. The van der Waals surface area contributed by atoms with Gasteiger partial charge in [-0.15, -0.1) is 0 Å². The fourth-order valence-electron chi connectivity index (χ4n) is 2.79. The van der Waals surface area contributed by atoms with Gasteiger partial charge in [0.15, 0.2) is 16.6 Å². The van der Waals surface area contributed by atoms with Crippen LogP contribution in [0.3, 0.4) is 0 Å². The van der Waals surface area contributed by atoms with Gasteiger partial charge in [0, 0.05) is 0 Å². The SMILES string of the molecule is COc1ccc(N2C(=O)C(=Cc3ccc4c(c3)OCO4)C(=O)NC2=S)cc1. The summed E-state index contributed by atoms with van der Waals surface area (Å²) in [7, 11) is 1.55. The van der Waals surface area contributed by atoms with Crippen LogP contribution in [0, 0.1) is 0 Å². The summed E-state index contributed by atoms with van der Waals surface area (Å²) in [6, 6.07) is 12.0. The maximum Gasteiger partial charge on any atom is 0.270 e. The summed E-state index contributed by atoms with van der Waals surface area (Å²) in [5, 5.41) is 2.58. The molecule has 0 saturated carbocycles. The number of hydrogen-bond acceptors (Lipinski definition) is 6. The monoisotopic (exact) mass is 382 g/mol. The number of anilines is 1. The Morgan fingerprint density at radius 1 is 1.11 bits per heavy atom. The van der Waals surface area contributed by atoms with Gasteiger partial charge in [0.2, 0.25) is 6.79 Å². The van der Waals surface area contributed by atoms with Crippen LogP contribution in [-0.4, -0.2) is 30.8 Å². The van der Waals surface area contributed by atoms with Gasteiger partial charge in [0.1, 0.15) is 11.3 Å². The molecular formula is C19H14N2O5S. The zero-order chi connectivity index (χ0) is 19.0. The number of methoxy groups -OCH3 is 1. The zero-order valence-corrected chi connectivity index (χ0v) is 15.0. The Morgan fingerprint density at radius 3 is 2.59 bits per heavy atom. The molecule has 0 aromatic heterocycles. The lowest BCUT2D eigenvalue weighted by Crippen LogP contribution is -2.54. The zero-order valence-electron chi connectivity index (χ0n) is 14.2. The Morgan fingerprint density at radius 2 is 1.85 bits per heavy atom. The second kappa shape index (κ2) is 6.73. The van der Waals surface area contributed by atoms with Crippen molar-refractivity contribution < 1.29 is 23.8 Å². The molecule has 0 radical (unpaired) electrons. The summed E-state index contributed by atoms with van der Waals surface area (Å²) >= 11 is 5.19. The van der Waals surface area contributed by atoms with Gasteiger partial charge in [-0.2, -0.15) is 0 Å². The normalized spacial score (nSPS) is 17.3. The van der Waals surface area contributed by atoms with Crippen LogP contribution in [-0.2, 0) is 9.59 Å². The van der Waals surface area contributed by atoms with Gasteiger partial charge in [-0.05, 0) is 60.3 Å². The maximum absolute atomic E-state index is 13.0. The topological polar surface area (TPSA) is 77.1 Å². The summed E-state index contributed by atoms with van der Waals surface area (Å²) in [6.07, 6.45) is 1.50. The van der Waals surface area contributed by atoms with Gasteiger partial charge in [0.25, 0.3) is 11.8 Å². The fraction of sp³-hybridized carbons (Fsp3) is 0.105. The first-order valence-electron chi connectivity index (χ1n) is 8.02. The van der Waals surface area contributed by atoms with E-state index in [9.17, 15) is 9.59 Å². The lowest BCUT2D eigenvalue weighted by Gasteiger charge is -2.29. The number of carbonyl (C=O) groups is 2. The molecule has 0 bridgehead atoms. The molecule has 4 rings (SSSR count). The highest BCUT2D eigenvalue weighted by atomic mass is 32.1. The van der Waals surface area contributed by atoms with Gasteiger partial charge >= 0.3 is 0 Å². The average Bonchev–Trinajstić information content (AvgIpc) is 3.13. The third kappa shape index (κ3) is 3.11. The highest BCUT2D eigenvalue weighted by Crippen LogP contribution is 2.33. The van der Waals surface area contributed by atoms with Crippen LogP contribution in [0.5, 0.6) is 17.2 Å². The summed E-state index contributed by atoms with van der Waals surface area (Å²) < 4.78 is 15.7. The van der Waals surface area contributed by atoms with E-state index in [1.807, 2.05) is 0 Å². The first-order chi connectivity index (χ1) is 13.1. The molecular weight excluding hydrogens is 368 g/mol. The number of nitrogens with zero attached hydrogens (tertiary/aromatic N) is 1. The van der Waals surface area contributed by atoms with Crippen LogP contribution in [0.2, 0.25) is 0 Å². The smallest absolute Gasteiger partial charge is 0.270 e. The molecule has 1 fully saturated rings. The number of hydrogen-bond donors (Lipinski definition) is 1. The van der Waals surface area contributed by atoms with Crippen molar-refractivity contribution in [1.82, 2.24) is 5.32 Å². The lowest BCUT2D eigenvalue weighted by molar-refractivity contribution is -0.122. The third-order valence-electron chi connectivity index (χ3n) is 4.14. The van der Waals surface area contributed by atoms with Gasteiger partial charge in [-0.25, -0.2) is 0 Å². The summed E-state index contributed by atoms with van der Waals surface area (Å²) in [4.78, 5) is 26.6. The van der Waals surface area contributed by atoms with Crippen molar-refractivity contribution in [1.29, 1.82) is 0 Å². The van der Waals surface area contributed by atoms with Gasteiger partial charge in [-0.3, -0.25) is 19.8 Å². The third-order valence-corrected chi connectivity index (χ3v) is 4.42. The van der Waals surface area contributed by atoms with Crippen LogP contribution in [0.1, 0.15) is 5.56 Å². The summed E-state index contributed by atoms with van der Waals surface area (Å²) in [5.74, 6) is 0.779. The maximum atomic E-state index is 13.0.